The minimum atomic E-state index is 0.825. The summed E-state index contributed by atoms with van der Waals surface area (Å²) in [6, 6.07) is 4.48. The molecule has 1 saturated heterocycles. The van der Waals surface area contributed by atoms with Crippen LogP contribution in [0.4, 0.5) is 5.69 Å². The average molecular weight is 218 g/mol. The van der Waals surface area contributed by atoms with Gasteiger partial charge in [0.05, 0.1) is 0 Å². The molecule has 2 rings (SSSR count). The van der Waals surface area contributed by atoms with E-state index in [0.29, 0.717) is 0 Å². The maximum absolute atomic E-state index is 3.33. The summed E-state index contributed by atoms with van der Waals surface area (Å²) in [7, 11) is 2.20. The fourth-order valence-electron chi connectivity index (χ4n) is 2.32. The molecule has 2 heteroatoms. The van der Waals surface area contributed by atoms with E-state index in [-0.39, 0.29) is 0 Å². The van der Waals surface area contributed by atoms with Crippen molar-refractivity contribution in [3.63, 3.8) is 0 Å². The van der Waals surface area contributed by atoms with Gasteiger partial charge in [-0.2, -0.15) is 0 Å². The van der Waals surface area contributed by atoms with Gasteiger partial charge >= 0.3 is 0 Å². The highest BCUT2D eigenvalue weighted by atomic mass is 15.1. The minimum Gasteiger partial charge on any atom is -0.374 e. The van der Waals surface area contributed by atoms with Crippen LogP contribution in [-0.2, 0) is 0 Å². The highest BCUT2D eigenvalue weighted by Gasteiger charge is 2.19. The Balaban J connectivity index is 2.15. The zero-order valence-electron chi connectivity index (χ0n) is 10.8. The molecule has 1 aromatic rings. The second-order valence-electron chi connectivity index (χ2n) is 5.06. The molecule has 0 saturated carbocycles. The van der Waals surface area contributed by atoms with Crippen molar-refractivity contribution in [1.29, 1.82) is 0 Å². The van der Waals surface area contributed by atoms with Crippen molar-refractivity contribution in [2.45, 2.75) is 20.8 Å². The molecule has 1 heterocycles. The van der Waals surface area contributed by atoms with Crippen molar-refractivity contribution in [3.05, 3.63) is 28.8 Å². The normalized spacial score (nSPS) is 16.0. The summed E-state index contributed by atoms with van der Waals surface area (Å²) >= 11 is 0. The van der Waals surface area contributed by atoms with Crippen LogP contribution in [0.2, 0.25) is 0 Å². The van der Waals surface area contributed by atoms with Crippen LogP contribution in [0.1, 0.15) is 16.7 Å². The second kappa shape index (κ2) is 4.46. The molecule has 1 aliphatic rings. The first kappa shape index (κ1) is 11.5. The fourth-order valence-corrected chi connectivity index (χ4v) is 2.32. The van der Waals surface area contributed by atoms with Crippen LogP contribution in [-0.4, -0.2) is 26.7 Å². The lowest BCUT2D eigenvalue weighted by Gasteiger charge is -2.33. The summed E-state index contributed by atoms with van der Waals surface area (Å²) in [5.74, 6) is 0.825. The number of benzene rings is 1. The maximum atomic E-state index is 3.33. The third-order valence-electron chi connectivity index (χ3n) is 3.84. The van der Waals surface area contributed by atoms with Crippen molar-refractivity contribution >= 4 is 5.69 Å². The average Bonchev–Trinajstić information content (AvgIpc) is 2.20. The van der Waals surface area contributed by atoms with E-state index in [1.54, 1.807) is 0 Å². The number of anilines is 1. The number of aryl methyl sites for hydroxylation is 1. The largest absolute Gasteiger partial charge is 0.374 e. The predicted molar refractivity (Wildman–Crippen MR) is 70.3 cm³/mol. The molecule has 1 fully saturated rings. The Bertz CT molecular complexity index is 381. The van der Waals surface area contributed by atoms with Crippen molar-refractivity contribution in [3.8, 4) is 0 Å². The number of hydrogen-bond acceptors (Lipinski definition) is 2. The Morgan fingerprint density at radius 3 is 2.44 bits per heavy atom. The lowest BCUT2D eigenvalue weighted by atomic mass is 9.99. The van der Waals surface area contributed by atoms with Crippen molar-refractivity contribution in [2.75, 3.05) is 31.6 Å². The molecule has 0 atom stereocenters. The van der Waals surface area contributed by atoms with Crippen LogP contribution in [0, 0.1) is 26.7 Å². The van der Waals surface area contributed by atoms with E-state index in [1.807, 2.05) is 0 Å². The lowest BCUT2D eigenvalue weighted by molar-refractivity contribution is 0.353. The van der Waals surface area contributed by atoms with Gasteiger partial charge in [-0.1, -0.05) is 6.07 Å². The van der Waals surface area contributed by atoms with E-state index in [1.165, 1.54) is 35.5 Å². The van der Waals surface area contributed by atoms with E-state index >= 15 is 0 Å². The minimum absolute atomic E-state index is 0.825. The van der Waals surface area contributed by atoms with Gasteiger partial charge < -0.3 is 10.2 Å². The Hall–Kier alpha value is -1.02. The lowest BCUT2D eigenvalue weighted by Crippen LogP contribution is -2.47. The molecule has 0 aromatic heterocycles. The van der Waals surface area contributed by atoms with Crippen LogP contribution < -0.4 is 10.2 Å². The van der Waals surface area contributed by atoms with Crippen molar-refractivity contribution < 1.29 is 0 Å². The summed E-state index contributed by atoms with van der Waals surface area (Å²) in [6.45, 7) is 10.1. The molecule has 1 N–H and O–H groups in total. The summed E-state index contributed by atoms with van der Waals surface area (Å²) in [5.41, 5.74) is 5.63. The third kappa shape index (κ3) is 2.07. The quantitative estimate of drug-likeness (QED) is 0.837. The molecule has 0 aliphatic carbocycles. The first-order chi connectivity index (χ1) is 7.59. The molecule has 16 heavy (non-hydrogen) atoms. The van der Waals surface area contributed by atoms with Crippen LogP contribution >= 0.6 is 0 Å². The maximum Gasteiger partial charge on any atom is 0.0396 e. The van der Waals surface area contributed by atoms with E-state index in [0.717, 1.165) is 12.5 Å². The molecule has 88 valence electrons. The van der Waals surface area contributed by atoms with Gasteiger partial charge in [0.2, 0.25) is 0 Å². The van der Waals surface area contributed by atoms with E-state index in [9.17, 15) is 0 Å². The molecule has 0 bridgehead atoms. The van der Waals surface area contributed by atoms with Gasteiger partial charge in [0.25, 0.3) is 0 Å². The van der Waals surface area contributed by atoms with Crippen LogP contribution in [0.15, 0.2) is 12.1 Å². The monoisotopic (exact) mass is 218 g/mol. The molecule has 1 aliphatic heterocycles. The summed E-state index contributed by atoms with van der Waals surface area (Å²) < 4.78 is 0. The Morgan fingerprint density at radius 1 is 1.19 bits per heavy atom. The highest BCUT2D eigenvalue weighted by molar-refractivity contribution is 5.57. The van der Waals surface area contributed by atoms with E-state index in [2.05, 4.69) is 50.2 Å². The number of hydrogen-bond donors (Lipinski definition) is 1. The van der Waals surface area contributed by atoms with Crippen LogP contribution in [0.25, 0.3) is 0 Å². The van der Waals surface area contributed by atoms with Gasteiger partial charge in [0, 0.05) is 38.3 Å². The fraction of sp³-hybridized carbons (Fsp3) is 0.571. The van der Waals surface area contributed by atoms with Gasteiger partial charge in [0.15, 0.2) is 0 Å². The molecule has 0 spiro atoms. The van der Waals surface area contributed by atoms with Crippen LogP contribution in [0.3, 0.4) is 0 Å². The second-order valence-corrected chi connectivity index (χ2v) is 5.06. The van der Waals surface area contributed by atoms with Crippen molar-refractivity contribution in [1.82, 2.24) is 5.32 Å². The molecule has 0 unspecified atom stereocenters. The number of nitrogens with zero attached hydrogens (tertiary/aromatic N) is 1. The zero-order valence-corrected chi connectivity index (χ0v) is 10.8. The smallest absolute Gasteiger partial charge is 0.0396 e. The Morgan fingerprint density at radius 2 is 1.88 bits per heavy atom. The van der Waals surface area contributed by atoms with Gasteiger partial charge in [-0.3, -0.25) is 0 Å². The molecule has 2 nitrogen and oxygen atoms in total. The van der Waals surface area contributed by atoms with Crippen molar-refractivity contribution in [2.24, 2.45) is 5.92 Å². The van der Waals surface area contributed by atoms with Crippen LogP contribution in [0.5, 0.6) is 0 Å². The van der Waals surface area contributed by atoms with Gasteiger partial charge in [0.1, 0.15) is 0 Å². The van der Waals surface area contributed by atoms with Gasteiger partial charge in [-0.05, 0) is 43.5 Å². The third-order valence-corrected chi connectivity index (χ3v) is 3.84. The zero-order chi connectivity index (χ0) is 11.7. The first-order valence-corrected chi connectivity index (χ1v) is 6.08. The molecular formula is C14H22N2. The first-order valence-electron chi connectivity index (χ1n) is 6.08. The topological polar surface area (TPSA) is 15.3 Å². The molecule has 0 amide bonds. The number of rotatable bonds is 3. The Labute approximate surface area is 98.7 Å². The number of nitrogens with one attached hydrogen (secondary N) is 1. The standard InChI is InChI=1S/C14H22N2/c1-10-5-6-14(12(3)11(10)2)16(4)9-13-7-15-8-13/h5-6,13,15H,7-9H2,1-4H3. The molecule has 0 radical (unpaired) electrons. The molecular weight excluding hydrogens is 196 g/mol. The van der Waals surface area contributed by atoms with Gasteiger partial charge in [-0.15, -0.1) is 0 Å². The van der Waals surface area contributed by atoms with E-state index in [4.69, 9.17) is 0 Å². The highest BCUT2D eigenvalue weighted by Crippen LogP contribution is 2.25. The summed E-state index contributed by atoms with van der Waals surface area (Å²) in [4.78, 5) is 2.40. The summed E-state index contributed by atoms with van der Waals surface area (Å²) in [6.07, 6.45) is 0. The SMILES string of the molecule is Cc1ccc(N(C)CC2CNC2)c(C)c1C. The van der Waals surface area contributed by atoms with E-state index < -0.39 is 0 Å². The van der Waals surface area contributed by atoms with Gasteiger partial charge in [-0.25, -0.2) is 0 Å². The molecule has 1 aromatic carbocycles. The summed E-state index contributed by atoms with van der Waals surface area (Å²) in [5, 5.41) is 3.33. The predicted octanol–water partition coefficient (Wildman–Crippen LogP) is 2.27. The Kier molecular flexibility index (Phi) is 3.20.